The van der Waals surface area contributed by atoms with Gasteiger partial charge in [0.15, 0.2) is 11.5 Å². The zero-order chi connectivity index (χ0) is 16.2. The zero-order valence-corrected chi connectivity index (χ0v) is 12.7. The number of hydrogen-bond acceptors (Lipinski definition) is 3. The fourth-order valence-electron chi connectivity index (χ4n) is 2.44. The molecule has 3 aromatic carbocycles. The van der Waals surface area contributed by atoms with Crippen molar-refractivity contribution >= 4 is 0 Å². The van der Waals surface area contributed by atoms with Gasteiger partial charge in [0.25, 0.3) is 5.43 Å². The first-order chi connectivity index (χ1) is 11.2. The van der Waals surface area contributed by atoms with Gasteiger partial charge in [-0.3, -0.25) is 4.79 Å². The molecule has 0 unspecified atom stereocenters. The third-order valence-electron chi connectivity index (χ3n) is 3.71. The molecule has 0 aliphatic rings. The van der Waals surface area contributed by atoms with Crippen LogP contribution in [0.15, 0.2) is 77.6 Å². The van der Waals surface area contributed by atoms with Gasteiger partial charge < -0.3 is 9.84 Å². The average molecular weight is 304 g/mol. The molecule has 0 amide bonds. The van der Waals surface area contributed by atoms with E-state index in [4.69, 9.17) is 4.74 Å². The number of ether oxygens (including phenoxy) is 1. The lowest BCUT2D eigenvalue weighted by Crippen LogP contribution is -2.00. The van der Waals surface area contributed by atoms with E-state index in [1.807, 2.05) is 42.5 Å². The molecule has 3 rings (SSSR count). The first-order valence-electron chi connectivity index (χ1n) is 7.26. The van der Waals surface area contributed by atoms with Crippen LogP contribution in [0.3, 0.4) is 0 Å². The summed E-state index contributed by atoms with van der Waals surface area (Å²) in [5.74, 6) is -0.205. The fraction of sp³-hybridized carbons (Fsp3) is 0.0500. The predicted molar refractivity (Wildman–Crippen MR) is 91.8 cm³/mol. The minimum absolute atomic E-state index is 0.120. The molecule has 0 spiro atoms. The highest BCUT2D eigenvalue weighted by atomic mass is 16.5. The predicted octanol–water partition coefficient (Wildman–Crippen LogP) is 4.10. The van der Waals surface area contributed by atoms with Crippen molar-refractivity contribution in [3.05, 3.63) is 83.0 Å². The number of aromatic hydroxyl groups is 1. The molecule has 0 aromatic heterocycles. The second kappa shape index (κ2) is 6.36. The molecule has 1 N–H and O–H groups in total. The summed E-state index contributed by atoms with van der Waals surface area (Å²) in [6.45, 7) is 0. The van der Waals surface area contributed by atoms with Crippen LogP contribution in [-0.4, -0.2) is 12.2 Å². The van der Waals surface area contributed by atoms with Gasteiger partial charge in [-0.25, -0.2) is 0 Å². The van der Waals surface area contributed by atoms with Gasteiger partial charge in [-0.05, 0) is 34.4 Å². The van der Waals surface area contributed by atoms with Crippen molar-refractivity contribution in [1.82, 2.24) is 0 Å². The maximum Gasteiger partial charge on any atom is 0.261 e. The summed E-state index contributed by atoms with van der Waals surface area (Å²) < 4.78 is 5.07. The standard InChI is InChI=1S/C20H16O3/c1-23-19-13-17(11-12-18(21)20(19)22)16-9-7-15(8-10-16)14-5-3-2-4-6-14/h2-13H,1H3,(H,21,22). The molecule has 0 saturated carbocycles. The monoisotopic (exact) mass is 304 g/mol. The molecular formula is C20H16O3. The summed E-state index contributed by atoms with van der Waals surface area (Å²) in [5.41, 5.74) is 3.50. The summed E-state index contributed by atoms with van der Waals surface area (Å²) in [4.78, 5) is 11.8. The number of hydrogen-bond donors (Lipinski definition) is 1. The molecule has 0 bridgehead atoms. The highest BCUT2D eigenvalue weighted by molar-refractivity contribution is 5.71. The van der Waals surface area contributed by atoms with Crippen LogP contribution < -0.4 is 10.2 Å². The summed E-state index contributed by atoms with van der Waals surface area (Å²) in [6.07, 6.45) is 0. The molecule has 0 aliphatic heterocycles. The van der Waals surface area contributed by atoms with E-state index in [1.165, 1.54) is 13.2 Å². The van der Waals surface area contributed by atoms with Crippen LogP contribution in [-0.2, 0) is 0 Å². The molecule has 3 nitrogen and oxygen atoms in total. The van der Waals surface area contributed by atoms with Gasteiger partial charge >= 0.3 is 0 Å². The van der Waals surface area contributed by atoms with Gasteiger partial charge in [0.05, 0.1) is 7.11 Å². The lowest BCUT2D eigenvalue weighted by atomic mass is 10.0. The van der Waals surface area contributed by atoms with Crippen LogP contribution >= 0.6 is 0 Å². The van der Waals surface area contributed by atoms with Gasteiger partial charge in [0, 0.05) is 0 Å². The molecule has 0 heterocycles. The van der Waals surface area contributed by atoms with Crippen LogP contribution in [0.25, 0.3) is 22.3 Å². The van der Waals surface area contributed by atoms with Gasteiger partial charge in [-0.1, -0.05) is 60.7 Å². The molecule has 0 saturated heterocycles. The summed E-state index contributed by atoms with van der Waals surface area (Å²) >= 11 is 0. The smallest absolute Gasteiger partial charge is 0.261 e. The normalized spacial score (nSPS) is 10.3. The molecule has 3 heteroatoms. The lowest BCUT2D eigenvalue weighted by Gasteiger charge is -2.04. The summed E-state index contributed by atoms with van der Waals surface area (Å²) in [7, 11) is 1.42. The molecular weight excluding hydrogens is 288 g/mol. The van der Waals surface area contributed by atoms with E-state index in [9.17, 15) is 9.90 Å². The zero-order valence-electron chi connectivity index (χ0n) is 12.7. The first kappa shape index (κ1) is 14.9. The van der Waals surface area contributed by atoms with Gasteiger partial charge in [0.2, 0.25) is 0 Å². The van der Waals surface area contributed by atoms with Crippen LogP contribution in [0.1, 0.15) is 0 Å². The highest BCUT2D eigenvalue weighted by Crippen LogP contribution is 2.26. The maximum atomic E-state index is 11.8. The van der Waals surface area contributed by atoms with Crippen molar-refractivity contribution < 1.29 is 9.84 Å². The van der Waals surface area contributed by atoms with E-state index < -0.39 is 5.43 Å². The molecule has 3 aromatic rings. The third-order valence-corrected chi connectivity index (χ3v) is 3.71. The SMILES string of the molecule is COc1cc(-c2ccc(-c3ccccc3)cc2)ccc(O)c1=O. The van der Waals surface area contributed by atoms with E-state index in [0.29, 0.717) is 0 Å². The van der Waals surface area contributed by atoms with Gasteiger partial charge in [-0.2, -0.15) is 0 Å². The minimum Gasteiger partial charge on any atom is -0.504 e. The van der Waals surface area contributed by atoms with Crippen molar-refractivity contribution in [2.24, 2.45) is 0 Å². The minimum atomic E-state index is -0.514. The number of rotatable bonds is 3. The Morgan fingerprint density at radius 2 is 1.26 bits per heavy atom. The average Bonchev–Trinajstić information content (AvgIpc) is 2.75. The van der Waals surface area contributed by atoms with E-state index in [2.05, 4.69) is 12.1 Å². The molecule has 0 atom stereocenters. The van der Waals surface area contributed by atoms with Crippen LogP contribution in [0, 0.1) is 0 Å². The molecule has 0 radical (unpaired) electrons. The van der Waals surface area contributed by atoms with Crippen LogP contribution in [0.5, 0.6) is 11.5 Å². The van der Waals surface area contributed by atoms with Gasteiger partial charge in [0.1, 0.15) is 0 Å². The largest absolute Gasteiger partial charge is 0.504 e. The molecule has 114 valence electrons. The fourth-order valence-corrected chi connectivity index (χ4v) is 2.44. The van der Waals surface area contributed by atoms with Crippen molar-refractivity contribution in [3.63, 3.8) is 0 Å². The van der Waals surface area contributed by atoms with E-state index in [-0.39, 0.29) is 11.5 Å². The Hall–Kier alpha value is -3.07. The molecule has 0 aliphatic carbocycles. The molecule has 0 fully saturated rings. The lowest BCUT2D eigenvalue weighted by molar-refractivity contribution is 0.403. The van der Waals surface area contributed by atoms with Crippen molar-refractivity contribution in [2.45, 2.75) is 0 Å². The Labute approximate surface area is 134 Å². The van der Waals surface area contributed by atoms with E-state index >= 15 is 0 Å². The van der Waals surface area contributed by atoms with Crippen molar-refractivity contribution in [2.75, 3.05) is 7.11 Å². The van der Waals surface area contributed by atoms with Gasteiger partial charge in [-0.15, -0.1) is 0 Å². The number of benzene rings is 2. The Kier molecular flexibility index (Phi) is 4.11. The van der Waals surface area contributed by atoms with E-state index in [1.54, 1.807) is 12.1 Å². The second-order valence-electron chi connectivity index (χ2n) is 5.16. The van der Waals surface area contributed by atoms with Crippen LogP contribution in [0.2, 0.25) is 0 Å². The third kappa shape index (κ3) is 3.09. The Balaban J connectivity index is 2.03. The highest BCUT2D eigenvalue weighted by Gasteiger charge is 2.06. The number of methoxy groups -OCH3 is 1. The molecule has 23 heavy (non-hydrogen) atoms. The Morgan fingerprint density at radius 1 is 0.739 bits per heavy atom. The topological polar surface area (TPSA) is 46.5 Å². The second-order valence-corrected chi connectivity index (χ2v) is 5.16. The maximum absolute atomic E-state index is 11.8. The Morgan fingerprint density at radius 3 is 1.87 bits per heavy atom. The Bertz CT molecular complexity index is 869. The van der Waals surface area contributed by atoms with Crippen molar-refractivity contribution in [1.29, 1.82) is 0 Å². The van der Waals surface area contributed by atoms with Crippen LogP contribution in [0.4, 0.5) is 0 Å². The van der Waals surface area contributed by atoms with E-state index in [0.717, 1.165) is 22.3 Å². The summed E-state index contributed by atoms with van der Waals surface area (Å²) in [5, 5.41) is 9.66. The van der Waals surface area contributed by atoms with Crippen molar-refractivity contribution in [3.8, 4) is 33.8 Å². The summed E-state index contributed by atoms with van der Waals surface area (Å²) in [6, 6.07) is 22.9. The quantitative estimate of drug-likeness (QED) is 0.792. The first-order valence-corrected chi connectivity index (χ1v) is 7.26.